The zero-order valence-corrected chi connectivity index (χ0v) is 12.7. The topological polar surface area (TPSA) is 61.8 Å². The van der Waals surface area contributed by atoms with Crippen LogP contribution in [0.15, 0.2) is 5.16 Å². The highest BCUT2D eigenvalue weighted by atomic mass is 16.4. The minimum atomic E-state index is -0.240. The molecule has 4 heteroatoms. The molecule has 108 valence electrons. The van der Waals surface area contributed by atoms with Crippen molar-refractivity contribution >= 4 is 5.84 Å². The van der Waals surface area contributed by atoms with E-state index in [0.717, 1.165) is 32.0 Å². The Labute approximate surface area is 112 Å². The quantitative estimate of drug-likeness (QED) is 0.289. The molecule has 0 atom stereocenters. The number of rotatable bonds is 9. The van der Waals surface area contributed by atoms with Crippen molar-refractivity contribution in [3.8, 4) is 0 Å². The van der Waals surface area contributed by atoms with Crippen LogP contribution in [0.5, 0.6) is 0 Å². The second-order valence-electron chi connectivity index (χ2n) is 5.69. The molecule has 0 rings (SSSR count). The van der Waals surface area contributed by atoms with Gasteiger partial charge in [-0.1, -0.05) is 52.6 Å². The Hall–Kier alpha value is -0.770. The molecule has 0 radical (unpaired) electrons. The van der Waals surface area contributed by atoms with Gasteiger partial charge < -0.3 is 15.8 Å². The predicted molar refractivity (Wildman–Crippen MR) is 78.0 cm³/mol. The molecule has 0 aromatic carbocycles. The van der Waals surface area contributed by atoms with E-state index in [0.29, 0.717) is 5.84 Å². The Bertz CT molecular complexity index is 247. The van der Waals surface area contributed by atoms with Crippen molar-refractivity contribution in [1.82, 2.24) is 4.90 Å². The number of hydrogen-bond acceptors (Lipinski definition) is 3. The fourth-order valence-electron chi connectivity index (χ4n) is 1.99. The summed E-state index contributed by atoms with van der Waals surface area (Å²) >= 11 is 0. The summed E-state index contributed by atoms with van der Waals surface area (Å²) in [5.41, 5.74) is 5.47. The van der Waals surface area contributed by atoms with Crippen LogP contribution in [0, 0.1) is 11.3 Å². The Balaban J connectivity index is 4.30. The van der Waals surface area contributed by atoms with Gasteiger partial charge in [-0.05, 0) is 25.4 Å². The first-order valence-corrected chi connectivity index (χ1v) is 7.11. The summed E-state index contributed by atoms with van der Waals surface area (Å²) in [6, 6.07) is 0. The molecule has 0 unspecified atom stereocenters. The van der Waals surface area contributed by atoms with Crippen LogP contribution in [0.2, 0.25) is 0 Å². The highest BCUT2D eigenvalue weighted by Crippen LogP contribution is 2.21. The molecule has 0 aliphatic heterocycles. The van der Waals surface area contributed by atoms with Crippen molar-refractivity contribution in [2.75, 3.05) is 19.6 Å². The first-order valence-electron chi connectivity index (χ1n) is 7.11. The molecular weight excluding hydrogens is 226 g/mol. The van der Waals surface area contributed by atoms with Crippen molar-refractivity contribution in [2.45, 2.75) is 53.9 Å². The van der Waals surface area contributed by atoms with Gasteiger partial charge in [0.25, 0.3) is 0 Å². The third-order valence-electron chi connectivity index (χ3n) is 3.97. The second-order valence-corrected chi connectivity index (χ2v) is 5.69. The van der Waals surface area contributed by atoms with Crippen LogP contribution in [-0.4, -0.2) is 35.6 Å². The standard InChI is InChI=1S/C14H31N3O/c1-6-12(7-2)11-17(8-3)10-9-14(4,5)13(15)16-18/h12,18H,6-11H2,1-5H3,(H2,15,16). The van der Waals surface area contributed by atoms with Gasteiger partial charge in [0.05, 0.1) is 0 Å². The Kier molecular flexibility index (Phi) is 8.00. The number of oxime groups is 1. The van der Waals surface area contributed by atoms with Crippen LogP contribution < -0.4 is 5.73 Å². The zero-order valence-electron chi connectivity index (χ0n) is 12.7. The third kappa shape index (κ3) is 5.71. The monoisotopic (exact) mass is 257 g/mol. The first-order chi connectivity index (χ1) is 8.41. The molecule has 0 bridgehead atoms. The van der Waals surface area contributed by atoms with E-state index in [9.17, 15) is 0 Å². The third-order valence-corrected chi connectivity index (χ3v) is 3.97. The largest absolute Gasteiger partial charge is 0.409 e. The normalized spacial score (nSPS) is 13.6. The van der Waals surface area contributed by atoms with Crippen LogP contribution in [0.3, 0.4) is 0 Å². The van der Waals surface area contributed by atoms with Crippen molar-refractivity contribution in [1.29, 1.82) is 0 Å². The summed E-state index contributed by atoms with van der Waals surface area (Å²) in [4.78, 5) is 2.46. The van der Waals surface area contributed by atoms with Crippen LogP contribution >= 0.6 is 0 Å². The van der Waals surface area contributed by atoms with Crippen molar-refractivity contribution in [2.24, 2.45) is 22.2 Å². The van der Waals surface area contributed by atoms with Gasteiger partial charge in [-0.25, -0.2) is 0 Å². The summed E-state index contributed by atoms with van der Waals surface area (Å²) in [5, 5.41) is 11.9. The second kappa shape index (κ2) is 8.35. The first kappa shape index (κ1) is 17.2. The number of nitrogens with zero attached hydrogens (tertiary/aromatic N) is 2. The molecule has 0 aliphatic rings. The van der Waals surface area contributed by atoms with Gasteiger partial charge in [-0.15, -0.1) is 0 Å². The maximum Gasteiger partial charge on any atom is 0.144 e. The van der Waals surface area contributed by atoms with Gasteiger partial charge in [0.15, 0.2) is 0 Å². The van der Waals surface area contributed by atoms with Gasteiger partial charge in [0, 0.05) is 12.0 Å². The molecule has 0 amide bonds. The molecule has 4 nitrogen and oxygen atoms in total. The molecule has 0 spiro atoms. The predicted octanol–water partition coefficient (Wildman–Crippen LogP) is 2.91. The van der Waals surface area contributed by atoms with E-state index in [1.807, 2.05) is 13.8 Å². The summed E-state index contributed by atoms with van der Waals surface area (Å²) < 4.78 is 0. The molecule has 0 aromatic rings. The average Bonchev–Trinajstić information content (AvgIpc) is 2.38. The molecule has 0 fully saturated rings. The van der Waals surface area contributed by atoms with E-state index in [-0.39, 0.29) is 5.41 Å². The minimum absolute atomic E-state index is 0.240. The lowest BCUT2D eigenvalue weighted by molar-refractivity contribution is 0.212. The molecule has 0 heterocycles. The van der Waals surface area contributed by atoms with E-state index >= 15 is 0 Å². The van der Waals surface area contributed by atoms with Gasteiger partial charge in [0.1, 0.15) is 5.84 Å². The number of nitrogens with two attached hydrogens (primary N) is 1. The lowest BCUT2D eigenvalue weighted by Gasteiger charge is -2.29. The van der Waals surface area contributed by atoms with Crippen molar-refractivity contribution in [3.63, 3.8) is 0 Å². The summed E-state index contributed by atoms with van der Waals surface area (Å²) in [6.45, 7) is 13.9. The molecule has 0 aromatic heterocycles. The Morgan fingerprint density at radius 2 is 1.83 bits per heavy atom. The molecule has 0 saturated heterocycles. The molecule has 3 N–H and O–H groups in total. The Morgan fingerprint density at radius 3 is 2.22 bits per heavy atom. The molecule has 0 saturated carbocycles. The number of amidine groups is 1. The van der Waals surface area contributed by atoms with E-state index in [1.54, 1.807) is 0 Å². The van der Waals surface area contributed by atoms with Crippen molar-refractivity contribution in [3.05, 3.63) is 0 Å². The smallest absolute Gasteiger partial charge is 0.144 e. The zero-order chi connectivity index (χ0) is 14.2. The van der Waals surface area contributed by atoms with Gasteiger partial charge in [-0.3, -0.25) is 0 Å². The van der Waals surface area contributed by atoms with Crippen LogP contribution in [-0.2, 0) is 0 Å². The highest BCUT2D eigenvalue weighted by Gasteiger charge is 2.24. The van der Waals surface area contributed by atoms with Crippen LogP contribution in [0.25, 0.3) is 0 Å². The molecule has 18 heavy (non-hydrogen) atoms. The number of hydrogen-bond donors (Lipinski definition) is 2. The SMILES string of the molecule is CCC(CC)CN(CC)CCC(C)(C)C(N)=NO. The molecule has 0 aliphatic carbocycles. The van der Waals surface area contributed by atoms with E-state index in [4.69, 9.17) is 10.9 Å². The highest BCUT2D eigenvalue weighted by molar-refractivity contribution is 5.85. The average molecular weight is 257 g/mol. The van der Waals surface area contributed by atoms with Gasteiger partial charge >= 0.3 is 0 Å². The maximum absolute atomic E-state index is 8.76. The van der Waals surface area contributed by atoms with E-state index < -0.39 is 0 Å². The van der Waals surface area contributed by atoms with Crippen LogP contribution in [0.4, 0.5) is 0 Å². The Morgan fingerprint density at radius 1 is 1.28 bits per heavy atom. The lowest BCUT2D eigenvalue weighted by atomic mass is 9.87. The fraction of sp³-hybridized carbons (Fsp3) is 0.929. The summed E-state index contributed by atoms with van der Waals surface area (Å²) in [7, 11) is 0. The summed E-state index contributed by atoms with van der Waals surface area (Å²) in [6.07, 6.45) is 3.38. The van der Waals surface area contributed by atoms with E-state index in [1.165, 1.54) is 12.8 Å². The molecular formula is C14H31N3O. The van der Waals surface area contributed by atoms with E-state index in [2.05, 4.69) is 30.8 Å². The van der Waals surface area contributed by atoms with Crippen molar-refractivity contribution < 1.29 is 5.21 Å². The lowest BCUT2D eigenvalue weighted by Crippen LogP contribution is -2.37. The maximum atomic E-state index is 8.76. The fourth-order valence-corrected chi connectivity index (χ4v) is 1.99. The summed E-state index contributed by atoms with van der Waals surface area (Å²) in [5.74, 6) is 1.10. The van der Waals surface area contributed by atoms with Gasteiger partial charge in [0.2, 0.25) is 0 Å². The minimum Gasteiger partial charge on any atom is -0.409 e. The van der Waals surface area contributed by atoms with Crippen LogP contribution in [0.1, 0.15) is 53.9 Å². The van der Waals surface area contributed by atoms with Gasteiger partial charge in [-0.2, -0.15) is 0 Å².